The summed E-state index contributed by atoms with van der Waals surface area (Å²) in [6, 6.07) is 0. The van der Waals surface area contributed by atoms with Gasteiger partial charge in [-0.05, 0) is 26.3 Å². The molecule has 0 rings (SSSR count). The molecule has 0 saturated carbocycles. The summed E-state index contributed by atoms with van der Waals surface area (Å²) in [6.07, 6.45) is 3.65. The molecule has 0 amide bonds. The molecule has 0 aliphatic rings. The number of nitrogens with one attached hydrogen (secondary N) is 1. The van der Waals surface area contributed by atoms with Gasteiger partial charge in [0.1, 0.15) is 0 Å². The summed E-state index contributed by atoms with van der Waals surface area (Å²) >= 11 is 0. The highest BCUT2D eigenvalue weighted by Crippen LogP contribution is 1.95. The predicted octanol–water partition coefficient (Wildman–Crippen LogP) is 0.895. The summed E-state index contributed by atoms with van der Waals surface area (Å²) in [5.74, 6) is -0.130. The summed E-state index contributed by atoms with van der Waals surface area (Å²) in [4.78, 5) is 11.3. The lowest BCUT2D eigenvalue weighted by atomic mass is 10.3. The van der Waals surface area contributed by atoms with Crippen LogP contribution in [0.1, 0.15) is 39.5 Å². The van der Waals surface area contributed by atoms with Crippen molar-refractivity contribution in [1.29, 1.82) is 0 Å². The summed E-state index contributed by atoms with van der Waals surface area (Å²) in [6.45, 7) is 7.64. The van der Waals surface area contributed by atoms with Crippen molar-refractivity contribution in [2.24, 2.45) is 5.73 Å². The molecule has 0 aliphatic heterocycles. The van der Waals surface area contributed by atoms with Crippen LogP contribution in [0.15, 0.2) is 0 Å². The SMILES string of the molecule is CCCCN(CCC(=O)OCC)NCCCN. The first-order valence-electron chi connectivity index (χ1n) is 6.58. The van der Waals surface area contributed by atoms with E-state index in [1.165, 1.54) is 0 Å². The lowest BCUT2D eigenvalue weighted by Crippen LogP contribution is -2.41. The Morgan fingerprint density at radius 2 is 2.06 bits per heavy atom. The molecule has 102 valence electrons. The Kier molecular flexibility index (Phi) is 11.4. The molecule has 17 heavy (non-hydrogen) atoms. The number of hydrogen-bond donors (Lipinski definition) is 2. The van der Waals surface area contributed by atoms with Gasteiger partial charge in [-0.1, -0.05) is 13.3 Å². The van der Waals surface area contributed by atoms with Gasteiger partial charge in [0, 0.05) is 19.6 Å². The first-order chi connectivity index (χ1) is 8.24. The Morgan fingerprint density at radius 1 is 1.29 bits per heavy atom. The molecule has 0 spiro atoms. The van der Waals surface area contributed by atoms with Gasteiger partial charge in [-0.15, -0.1) is 0 Å². The second-order valence-corrected chi connectivity index (χ2v) is 3.95. The Labute approximate surface area is 105 Å². The zero-order valence-corrected chi connectivity index (χ0v) is 11.2. The van der Waals surface area contributed by atoms with E-state index in [4.69, 9.17) is 10.5 Å². The number of nitrogens with two attached hydrogens (primary N) is 1. The standard InChI is InChI=1S/C12H27N3O2/c1-3-5-10-15(14-9-6-8-13)11-7-12(16)17-4-2/h14H,3-11,13H2,1-2H3. The largest absolute Gasteiger partial charge is 0.466 e. The van der Waals surface area contributed by atoms with Crippen LogP contribution in [-0.2, 0) is 9.53 Å². The van der Waals surface area contributed by atoms with Crippen molar-refractivity contribution in [1.82, 2.24) is 10.4 Å². The van der Waals surface area contributed by atoms with E-state index in [-0.39, 0.29) is 5.97 Å². The van der Waals surface area contributed by atoms with Gasteiger partial charge < -0.3 is 10.5 Å². The fraction of sp³-hybridized carbons (Fsp3) is 0.917. The number of hydrogen-bond acceptors (Lipinski definition) is 5. The number of nitrogens with zero attached hydrogens (tertiary/aromatic N) is 1. The number of carbonyl (C=O) groups excluding carboxylic acids is 1. The highest BCUT2D eigenvalue weighted by molar-refractivity contribution is 5.69. The van der Waals surface area contributed by atoms with Crippen LogP contribution in [0.3, 0.4) is 0 Å². The number of unbranched alkanes of at least 4 members (excludes halogenated alkanes) is 1. The number of ether oxygens (including phenoxy) is 1. The van der Waals surface area contributed by atoms with Crippen molar-refractivity contribution >= 4 is 5.97 Å². The van der Waals surface area contributed by atoms with Gasteiger partial charge in [-0.2, -0.15) is 0 Å². The zero-order chi connectivity index (χ0) is 12.9. The van der Waals surface area contributed by atoms with E-state index in [1.54, 1.807) is 0 Å². The maximum absolute atomic E-state index is 11.3. The van der Waals surface area contributed by atoms with E-state index >= 15 is 0 Å². The fourth-order valence-electron chi connectivity index (χ4n) is 1.42. The van der Waals surface area contributed by atoms with Crippen LogP contribution in [0.25, 0.3) is 0 Å². The minimum absolute atomic E-state index is 0.130. The number of esters is 1. The first kappa shape index (κ1) is 16.4. The molecular weight excluding hydrogens is 218 g/mol. The lowest BCUT2D eigenvalue weighted by molar-refractivity contribution is -0.143. The van der Waals surface area contributed by atoms with Crippen LogP contribution in [-0.4, -0.2) is 43.8 Å². The minimum atomic E-state index is -0.130. The van der Waals surface area contributed by atoms with Gasteiger partial charge in [0.25, 0.3) is 0 Å². The van der Waals surface area contributed by atoms with Crippen LogP contribution in [0.4, 0.5) is 0 Å². The minimum Gasteiger partial charge on any atom is -0.466 e. The van der Waals surface area contributed by atoms with E-state index in [0.717, 1.165) is 32.4 Å². The summed E-state index contributed by atoms with van der Waals surface area (Å²) in [5.41, 5.74) is 8.74. The van der Waals surface area contributed by atoms with Crippen LogP contribution < -0.4 is 11.2 Å². The second-order valence-electron chi connectivity index (χ2n) is 3.95. The summed E-state index contributed by atoms with van der Waals surface area (Å²) in [7, 11) is 0. The van der Waals surface area contributed by atoms with Crippen LogP contribution in [0, 0.1) is 0 Å². The molecule has 0 fully saturated rings. The highest BCUT2D eigenvalue weighted by Gasteiger charge is 2.07. The van der Waals surface area contributed by atoms with Gasteiger partial charge in [-0.25, -0.2) is 5.01 Å². The van der Waals surface area contributed by atoms with Gasteiger partial charge in [0.05, 0.1) is 13.0 Å². The third kappa shape index (κ3) is 10.2. The third-order valence-corrected chi connectivity index (χ3v) is 2.39. The highest BCUT2D eigenvalue weighted by atomic mass is 16.5. The molecule has 0 unspecified atom stereocenters. The van der Waals surface area contributed by atoms with Gasteiger partial charge in [0.2, 0.25) is 0 Å². The van der Waals surface area contributed by atoms with Crippen molar-refractivity contribution in [2.45, 2.75) is 39.5 Å². The molecule has 0 aliphatic carbocycles. The Morgan fingerprint density at radius 3 is 2.65 bits per heavy atom. The maximum Gasteiger partial charge on any atom is 0.307 e. The fourth-order valence-corrected chi connectivity index (χ4v) is 1.42. The molecule has 0 aromatic rings. The maximum atomic E-state index is 11.3. The summed E-state index contributed by atoms with van der Waals surface area (Å²) < 4.78 is 4.91. The topological polar surface area (TPSA) is 67.6 Å². The van der Waals surface area contributed by atoms with E-state index in [1.807, 2.05) is 6.92 Å². The van der Waals surface area contributed by atoms with Crippen molar-refractivity contribution in [3.63, 3.8) is 0 Å². The molecule has 0 atom stereocenters. The zero-order valence-electron chi connectivity index (χ0n) is 11.2. The van der Waals surface area contributed by atoms with Crippen LogP contribution >= 0.6 is 0 Å². The van der Waals surface area contributed by atoms with Crippen molar-refractivity contribution in [2.75, 3.05) is 32.8 Å². The van der Waals surface area contributed by atoms with Crippen molar-refractivity contribution < 1.29 is 9.53 Å². The van der Waals surface area contributed by atoms with Crippen molar-refractivity contribution in [3.05, 3.63) is 0 Å². The molecule has 0 aromatic carbocycles. The molecule has 0 heterocycles. The molecule has 0 radical (unpaired) electrons. The first-order valence-corrected chi connectivity index (χ1v) is 6.58. The monoisotopic (exact) mass is 245 g/mol. The Hall–Kier alpha value is -0.650. The smallest absolute Gasteiger partial charge is 0.307 e. The Balaban J connectivity index is 3.78. The molecule has 5 nitrogen and oxygen atoms in total. The van der Waals surface area contributed by atoms with E-state index in [2.05, 4.69) is 17.4 Å². The number of carbonyl (C=O) groups is 1. The molecule has 0 saturated heterocycles. The Bertz CT molecular complexity index is 189. The molecular formula is C12H27N3O2. The van der Waals surface area contributed by atoms with E-state index in [0.29, 0.717) is 26.1 Å². The van der Waals surface area contributed by atoms with Crippen LogP contribution in [0.5, 0.6) is 0 Å². The van der Waals surface area contributed by atoms with Gasteiger partial charge in [-0.3, -0.25) is 10.2 Å². The average molecular weight is 245 g/mol. The predicted molar refractivity (Wildman–Crippen MR) is 69.4 cm³/mol. The molecule has 5 heteroatoms. The quantitative estimate of drug-likeness (QED) is 0.321. The summed E-state index contributed by atoms with van der Waals surface area (Å²) in [5, 5.41) is 2.09. The third-order valence-electron chi connectivity index (χ3n) is 2.39. The average Bonchev–Trinajstić information content (AvgIpc) is 2.32. The molecule has 0 bridgehead atoms. The lowest BCUT2D eigenvalue weighted by Gasteiger charge is -2.22. The van der Waals surface area contributed by atoms with Crippen molar-refractivity contribution in [3.8, 4) is 0 Å². The second kappa shape index (κ2) is 11.8. The molecule has 3 N–H and O–H groups in total. The molecule has 0 aromatic heterocycles. The van der Waals surface area contributed by atoms with E-state index < -0.39 is 0 Å². The van der Waals surface area contributed by atoms with Gasteiger partial charge >= 0.3 is 5.97 Å². The van der Waals surface area contributed by atoms with E-state index in [9.17, 15) is 4.79 Å². The van der Waals surface area contributed by atoms with Crippen LogP contribution in [0.2, 0.25) is 0 Å². The number of rotatable bonds is 11. The van der Waals surface area contributed by atoms with Gasteiger partial charge in [0.15, 0.2) is 0 Å². The normalized spacial score (nSPS) is 10.8. The number of hydrazine groups is 1.